The summed E-state index contributed by atoms with van der Waals surface area (Å²) in [6.07, 6.45) is 2.55. The summed E-state index contributed by atoms with van der Waals surface area (Å²) in [7, 11) is 0. The Morgan fingerprint density at radius 3 is 2.32 bits per heavy atom. The first-order valence-corrected chi connectivity index (χ1v) is 8.20. The summed E-state index contributed by atoms with van der Waals surface area (Å²) in [6, 6.07) is 2.40. The molecule has 0 atom stereocenters. The van der Waals surface area contributed by atoms with E-state index in [0.29, 0.717) is 0 Å². The molecule has 0 amide bonds. The second-order valence-corrected chi connectivity index (χ2v) is 6.55. The van der Waals surface area contributed by atoms with Gasteiger partial charge in [0.2, 0.25) is 0 Å². The summed E-state index contributed by atoms with van der Waals surface area (Å²) in [4.78, 5) is 6.50. The molecule has 2 fully saturated rings. The van der Waals surface area contributed by atoms with Gasteiger partial charge in [-0.2, -0.15) is 0 Å². The molecule has 2 aliphatic rings. The molecule has 19 heavy (non-hydrogen) atoms. The molecule has 2 saturated heterocycles. The van der Waals surface area contributed by atoms with Gasteiger partial charge in [-0.1, -0.05) is 0 Å². The van der Waals surface area contributed by atoms with E-state index >= 15 is 0 Å². The molecule has 0 spiro atoms. The first-order chi connectivity index (χ1) is 9.40. The maximum absolute atomic E-state index is 3.44. The highest BCUT2D eigenvalue weighted by Crippen LogP contribution is 2.19. The highest BCUT2D eigenvalue weighted by Gasteiger charge is 2.13. The SMILES string of the molecule is c1sc(CN2CCCNC2)cc1CN1CCCNC1. The molecule has 0 aromatic carbocycles. The molecule has 3 rings (SSSR count). The lowest BCUT2D eigenvalue weighted by molar-refractivity contribution is 0.206. The molecule has 1 aromatic heterocycles. The van der Waals surface area contributed by atoms with Crippen LogP contribution in [-0.4, -0.2) is 49.3 Å². The van der Waals surface area contributed by atoms with Crippen molar-refractivity contribution in [1.82, 2.24) is 20.4 Å². The molecule has 5 heteroatoms. The standard InChI is InChI=1S/C14H24N4S/c1-3-15-11-17(5-1)8-13-7-14(19-10-13)9-18-6-2-4-16-12-18/h7,10,15-16H,1-6,8-9,11-12H2. The average Bonchev–Trinajstić information content (AvgIpc) is 2.88. The van der Waals surface area contributed by atoms with Crippen LogP contribution in [0.3, 0.4) is 0 Å². The second kappa shape index (κ2) is 6.81. The number of nitrogens with one attached hydrogen (secondary N) is 2. The van der Waals surface area contributed by atoms with E-state index in [4.69, 9.17) is 0 Å². The fourth-order valence-electron chi connectivity index (χ4n) is 2.83. The minimum atomic E-state index is 1.04. The number of hydrogen-bond acceptors (Lipinski definition) is 5. The van der Waals surface area contributed by atoms with Gasteiger partial charge in [0.1, 0.15) is 0 Å². The predicted octanol–water partition coefficient (Wildman–Crippen LogP) is 1.25. The van der Waals surface area contributed by atoms with Crippen molar-refractivity contribution in [3.05, 3.63) is 21.9 Å². The lowest BCUT2D eigenvalue weighted by Gasteiger charge is -2.27. The van der Waals surface area contributed by atoms with E-state index in [9.17, 15) is 0 Å². The Morgan fingerprint density at radius 2 is 1.68 bits per heavy atom. The minimum absolute atomic E-state index is 1.04. The van der Waals surface area contributed by atoms with Gasteiger partial charge in [0.15, 0.2) is 0 Å². The third-order valence-corrected chi connectivity index (χ3v) is 4.79. The predicted molar refractivity (Wildman–Crippen MR) is 80.1 cm³/mol. The zero-order chi connectivity index (χ0) is 12.9. The first kappa shape index (κ1) is 13.5. The smallest absolute Gasteiger partial charge is 0.0484 e. The van der Waals surface area contributed by atoms with Gasteiger partial charge in [-0.05, 0) is 42.9 Å². The molecule has 3 heterocycles. The van der Waals surface area contributed by atoms with Gasteiger partial charge in [0.25, 0.3) is 0 Å². The Morgan fingerprint density at radius 1 is 1.00 bits per heavy atom. The monoisotopic (exact) mass is 280 g/mol. The van der Waals surface area contributed by atoms with Crippen LogP contribution in [-0.2, 0) is 13.1 Å². The van der Waals surface area contributed by atoms with Crippen LogP contribution < -0.4 is 10.6 Å². The third kappa shape index (κ3) is 4.00. The van der Waals surface area contributed by atoms with E-state index in [-0.39, 0.29) is 0 Å². The van der Waals surface area contributed by atoms with E-state index in [1.54, 1.807) is 0 Å². The highest BCUT2D eigenvalue weighted by atomic mass is 32.1. The van der Waals surface area contributed by atoms with Crippen LogP contribution in [0, 0.1) is 0 Å². The van der Waals surface area contributed by atoms with Gasteiger partial charge in [0.05, 0.1) is 0 Å². The zero-order valence-corrected chi connectivity index (χ0v) is 12.3. The topological polar surface area (TPSA) is 30.5 Å². The van der Waals surface area contributed by atoms with Crippen LogP contribution in [0.1, 0.15) is 23.3 Å². The van der Waals surface area contributed by atoms with Crippen molar-refractivity contribution < 1.29 is 0 Å². The van der Waals surface area contributed by atoms with Crippen LogP contribution in [0.5, 0.6) is 0 Å². The molecule has 0 radical (unpaired) electrons. The Kier molecular flexibility index (Phi) is 4.85. The summed E-state index contributed by atoms with van der Waals surface area (Å²) >= 11 is 1.92. The largest absolute Gasteiger partial charge is 0.304 e. The maximum Gasteiger partial charge on any atom is 0.0484 e. The normalized spacial score (nSPS) is 22.7. The summed E-state index contributed by atoms with van der Waals surface area (Å²) in [5.74, 6) is 0. The van der Waals surface area contributed by atoms with Crippen molar-refractivity contribution in [3.8, 4) is 0 Å². The van der Waals surface area contributed by atoms with E-state index < -0.39 is 0 Å². The molecule has 106 valence electrons. The van der Waals surface area contributed by atoms with Gasteiger partial charge in [-0.25, -0.2) is 0 Å². The summed E-state index contributed by atoms with van der Waals surface area (Å²) in [5.41, 5.74) is 1.48. The molecule has 0 bridgehead atoms. The molecule has 4 nitrogen and oxygen atoms in total. The first-order valence-electron chi connectivity index (χ1n) is 7.32. The fourth-order valence-corrected chi connectivity index (χ4v) is 3.75. The Bertz CT molecular complexity index is 346. The van der Waals surface area contributed by atoms with Crippen molar-refractivity contribution >= 4 is 11.3 Å². The molecular formula is C14H24N4S. The number of hydrogen-bond donors (Lipinski definition) is 2. The lowest BCUT2D eigenvalue weighted by Crippen LogP contribution is -2.41. The Hall–Kier alpha value is -0.460. The highest BCUT2D eigenvalue weighted by molar-refractivity contribution is 7.10. The van der Waals surface area contributed by atoms with Crippen LogP contribution in [0.2, 0.25) is 0 Å². The van der Waals surface area contributed by atoms with Gasteiger partial charge < -0.3 is 10.6 Å². The van der Waals surface area contributed by atoms with Crippen LogP contribution in [0.15, 0.2) is 11.4 Å². The molecule has 2 N–H and O–H groups in total. The van der Waals surface area contributed by atoms with Gasteiger partial charge in [-0.3, -0.25) is 9.80 Å². The minimum Gasteiger partial charge on any atom is -0.304 e. The van der Waals surface area contributed by atoms with Crippen molar-refractivity contribution in [2.24, 2.45) is 0 Å². The van der Waals surface area contributed by atoms with Gasteiger partial charge in [0, 0.05) is 44.4 Å². The van der Waals surface area contributed by atoms with Crippen molar-refractivity contribution in [3.63, 3.8) is 0 Å². The summed E-state index contributed by atoms with van der Waals surface area (Å²) in [5, 5.41) is 9.22. The Labute approximate surface area is 119 Å². The molecule has 0 saturated carbocycles. The Balaban J connectivity index is 1.50. The molecular weight excluding hydrogens is 256 g/mol. The van der Waals surface area contributed by atoms with Crippen LogP contribution >= 0.6 is 11.3 Å². The number of nitrogens with zero attached hydrogens (tertiary/aromatic N) is 2. The summed E-state index contributed by atoms with van der Waals surface area (Å²) < 4.78 is 0. The zero-order valence-electron chi connectivity index (χ0n) is 11.5. The van der Waals surface area contributed by atoms with Gasteiger partial charge in [-0.15, -0.1) is 11.3 Å². The van der Waals surface area contributed by atoms with Crippen molar-refractivity contribution in [2.75, 3.05) is 39.5 Å². The van der Waals surface area contributed by atoms with Crippen molar-refractivity contribution in [1.29, 1.82) is 0 Å². The third-order valence-electron chi connectivity index (χ3n) is 3.82. The van der Waals surface area contributed by atoms with Crippen LogP contribution in [0.4, 0.5) is 0 Å². The second-order valence-electron chi connectivity index (χ2n) is 5.55. The van der Waals surface area contributed by atoms with Crippen molar-refractivity contribution in [2.45, 2.75) is 25.9 Å². The molecule has 0 aliphatic carbocycles. The van der Waals surface area contributed by atoms with Gasteiger partial charge >= 0.3 is 0 Å². The molecule has 1 aromatic rings. The average molecular weight is 280 g/mol. The number of thiophene rings is 1. The number of rotatable bonds is 4. The quantitative estimate of drug-likeness (QED) is 0.869. The molecule has 0 unspecified atom stereocenters. The fraction of sp³-hybridized carbons (Fsp3) is 0.714. The molecule has 2 aliphatic heterocycles. The lowest BCUT2D eigenvalue weighted by atomic mass is 10.2. The van der Waals surface area contributed by atoms with E-state index in [1.807, 2.05) is 11.3 Å². The van der Waals surface area contributed by atoms with E-state index in [1.165, 1.54) is 49.5 Å². The van der Waals surface area contributed by atoms with Crippen LogP contribution in [0.25, 0.3) is 0 Å². The summed E-state index contributed by atoms with van der Waals surface area (Å²) in [6.45, 7) is 9.11. The van der Waals surface area contributed by atoms with E-state index in [0.717, 1.165) is 26.4 Å². The maximum atomic E-state index is 3.44. The van der Waals surface area contributed by atoms with E-state index in [2.05, 4.69) is 31.9 Å².